The van der Waals surface area contributed by atoms with Crippen LogP contribution in [0, 0.1) is 16.7 Å². The summed E-state index contributed by atoms with van der Waals surface area (Å²) in [6, 6.07) is 0. The van der Waals surface area contributed by atoms with Crippen molar-refractivity contribution in [2.45, 2.75) is 52.2 Å². The van der Waals surface area contributed by atoms with E-state index in [4.69, 9.17) is 0 Å². The molecule has 0 heterocycles. The van der Waals surface area contributed by atoms with E-state index < -0.39 is 5.60 Å². The SMILES string of the molecule is CC1(C)[C@@H]2C[C@](C)(O)[C@@]1(C)C[C@@H]2O. The van der Waals surface area contributed by atoms with Crippen LogP contribution in [-0.4, -0.2) is 21.9 Å². The van der Waals surface area contributed by atoms with E-state index in [-0.39, 0.29) is 22.9 Å². The zero-order chi connectivity index (χ0) is 10.1. The van der Waals surface area contributed by atoms with Crippen molar-refractivity contribution in [2.24, 2.45) is 16.7 Å². The second-order valence-electron chi connectivity index (χ2n) is 5.91. The van der Waals surface area contributed by atoms with Gasteiger partial charge in [-0.15, -0.1) is 0 Å². The molecule has 0 aromatic carbocycles. The molecule has 2 N–H and O–H groups in total. The van der Waals surface area contributed by atoms with Gasteiger partial charge in [-0.05, 0) is 31.1 Å². The van der Waals surface area contributed by atoms with Gasteiger partial charge in [-0.25, -0.2) is 0 Å². The normalized spacial score (nSPS) is 58.6. The third-order valence-electron chi connectivity index (χ3n) is 5.24. The van der Waals surface area contributed by atoms with Crippen molar-refractivity contribution < 1.29 is 10.2 Å². The minimum absolute atomic E-state index is 0.0654. The number of hydrogen-bond donors (Lipinski definition) is 2. The monoisotopic (exact) mass is 184 g/mol. The smallest absolute Gasteiger partial charge is 0.0683 e. The summed E-state index contributed by atoms with van der Waals surface area (Å²) in [6.45, 7) is 8.38. The van der Waals surface area contributed by atoms with Gasteiger partial charge in [0.15, 0.2) is 0 Å². The van der Waals surface area contributed by atoms with Gasteiger partial charge in [-0.3, -0.25) is 0 Å². The standard InChI is InChI=1S/C11H20O2/c1-9(2)7-5-11(4,13)10(9,3)6-8(7)12/h7-8,12-13H,5-6H2,1-4H3/t7-,8+,10+,11+/m1/s1. The van der Waals surface area contributed by atoms with Gasteiger partial charge >= 0.3 is 0 Å². The van der Waals surface area contributed by atoms with E-state index in [0.29, 0.717) is 0 Å². The third kappa shape index (κ3) is 0.816. The Morgan fingerprint density at radius 2 is 1.62 bits per heavy atom. The van der Waals surface area contributed by atoms with Gasteiger partial charge in [0.1, 0.15) is 0 Å². The Morgan fingerprint density at radius 1 is 1.08 bits per heavy atom. The van der Waals surface area contributed by atoms with Crippen molar-refractivity contribution in [1.82, 2.24) is 0 Å². The minimum atomic E-state index is -0.597. The lowest BCUT2D eigenvalue weighted by Gasteiger charge is -2.43. The van der Waals surface area contributed by atoms with Crippen molar-refractivity contribution in [1.29, 1.82) is 0 Å². The molecule has 13 heavy (non-hydrogen) atoms. The minimum Gasteiger partial charge on any atom is -0.393 e. The largest absolute Gasteiger partial charge is 0.393 e. The van der Waals surface area contributed by atoms with E-state index in [2.05, 4.69) is 20.8 Å². The fraction of sp³-hybridized carbons (Fsp3) is 1.00. The first kappa shape index (κ1) is 9.47. The molecule has 0 amide bonds. The molecule has 0 aromatic rings. The Labute approximate surface area is 80.0 Å². The van der Waals surface area contributed by atoms with E-state index in [1.165, 1.54) is 0 Å². The third-order valence-corrected chi connectivity index (χ3v) is 5.24. The Morgan fingerprint density at radius 3 is 1.85 bits per heavy atom. The van der Waals surface area contributed by atoms with Gasteiger partial charge < -0.3 is 10.2 Å². The van der Waals surface area contributed by atoms with E-state index in [0.717, 1.165) is 12.8 Å². The van der Waals surface area contributed by atoms with Crippen molar-refractivity contribution >= 4 is 0 Å². The van der Waals surface area contributed by atoms with Gasteiger partial charge in [-0.2, -0.15) is 0 Å². The summed E-state index contributed by atoms with van der Waals surface area (Å²) in [4.78, 5) is 0. The molecule has 76 valence electrons. The van der Waals surface area contributed by atoms with Crippen molar-refractivity contribution in [3.8, 4) is 0 Å². The summed E-state index contributed by atoms with van der Waals surface area (Å²) in [5, 5.41) is 20.1. The first-order valence-corrected chi connectivity index (χ1v) is 5.13. The number of aliphatic hydroxyl groups is 2. The maximum absolute atomic E-state index is 10.3. The molecule has 2 aliphatic carbocycles. The van der Waals surface area contributed by atoms with Gasteiger partial charge in [0, 0.05) is 5.41 Å². The molecule has 2 saturated carbocycles. The first-order chi connectivity index (χ1) is 5.72. The summed E-state index contributed by atoms with van der Waals surface area (Å²) in [6.07, 6.45) is 1.29. The lowest BCUT2D eigenvalue weighted by Crippen LogP contribution is -2.45. The molecule has 2 fully saturated rings. The molecule has 2 bridgehead atoms. The van der Waals surface area contributed by atoms with Gasteiger partial charge in [0.05, 0.1) is 11.7 Å². The van der Waals surface area contributed by atoms with Crippen LogP contribution in [0.2, 0.25) is 0 Å². The molecule has 0 aliphatic heterocycles. The molecule has 0 unspecified atom stereocenters. The van der Waals surface area contributed by atoms with E-state index >= 15 is 0 Å². The molecule has 0 radical (unpaired) electrons. The predicted octanol–water partition coefficient (Wildman–Crippen LogP) is 1.55. The van der Waals surface area contributed by atoms with Crippen molar-refractivity contribution in [3.05, 3.63) is 0 Å². The highest BCUT2D eigenvalue weighted by Gasteiger charge is 2.69. The molecule has 0 aromatic heterocycles. The number of aliphatic hydroxyl groups excluding tert-OH is 1. The maximum atomic E-state index is 10.3. The van der Waals surface area contributed by atoms with Crippen LogP contribution in [-0.2, 0) is 0 Å². The van der Waals surface area contributed by atoms with Crippen LogP contribution in [0.3, 0.4) is 0 Å². The van der Waals surface area contributed by atoms with Gasteiger partial charge in [0.2, 0.25) is 0 Å². The van der Waals surface area contributed by atoms with E-state index in [9.17, 15) is 10.2 Å². The van der Waals surface area contributed by atoms with Crippen LogP contribution >= 0.6 is 0 Å². The number of rotatable bonds is 0. The Balaban J connectivity index is 2.48. The number of fused-ring (bicyclic) bond motifs is 2. The van der Waals surface area contributed by atoms with Crippen molar-refractivity contribution in [3.63, 3.8) is 0 Å². The van der Waals surface area contributed by atoms with Crippen LogP contribution < -0.4 is 0 Å². The highest BCUT2D eigenvalue weighted by atomic mass is 16.3. The lowest BCUT2D eigenvalue weighted by molar-refractivity contribution is -0.0885. The predicted molar refractivity (Wildman–Crippen MR) is 51.2 cm³/mol. The molecule has 2 heteroatoms. The van der Waals surface area contributed by atoms with E-state index in [1.807, 2.05) is 6.92 Å². The zero-order valence-electron chi connectivity index (χ0n) is 8.96. The average Bonchev–Trinajstić information content (AvgIpc) is 2.17. The molecule has 2 aliphatic rings. The van der Waals surface area contributed by atoms with Gasteiger partial charge in [-0.1, -0.05) is 20.8 Å². The lowest BCUT2D eigenvalue weighted by atomic mass is 9.65. The Hall–Kier alpha value is -0.0800. The maximum Gasteiger partial charge on any atom is 0.0683 e. The summed E-state index contributed by atoms with van der Waals surface area (Å²) in [7, 11) is 0. The average molecular weight is 184 g/mol. The van der Waals surface area contributed by atoms with Crippen LogP contribution in [0.4, 0.5) is 0 Å². The molecule has 0 spiro atoms. The summed E-state index contributed by atoms with van der Waals surface area (Å²) in [5.41, 5.74) is -0.652. The topological polar surface area (TPSA) is 40.5 Å². The van der Waals surface area contributed by atoms with Crippen LogP contribution in [0.25, 0.3) is 0 Å². The fourth-order valence-corrected chi connectivity index (χ4v) is 3.67. The molecule has 2 nitrogen and oxygen atoms in total. The molecule has 4 atom stereocenters. The van der Waals surface area contributed by atoms with Crippen LogP contribution in [0.1, 0.15) is 40.5 Å². The highest BCUT2D eigenvalue weighted by Crippen LogP contribution is 2.69. The van der Waals surface area contributed by atoms with Crippen molar-refractivity contribution in [2.75, 3.05) is 0 Å². The zero-order valence-corrected chi connectivity index (χ0v) is 8.96. The highest BCUT2D eigenvalue weighted by molar-refractivity contribution is 5.19. The van der Waals surface area contributed by atoms with Crippen LogP contribution in [0.5, 0.6) is 0 Å². The Kier molecular flexibility index (Phi) is 1.54. The molecule has 0 saturated heterocycles. The molecular weight excluding hydrogens is 164 g/mol. The van der Waals surface area contributed by atoms with Crippen LogP contribution in [0.15, 0.2) is 0 Å². The quantitative estimate of drug-likeness (QED) is 0.599. The second-order valence-corrected chi connectivity index (χ2v) is 5.91. The Bertz CT molecular complexity index is 244. The second kappa shape index (κ2) is 2.12. The van der Waals surface area contributed by atoms with E-state index in [1.54, 1.807) is 0 Å². The molecule has 2 rings (SSSR count). The summed E-state index contributed by atoms with van der Waals surface area (Å²) in [5.74, 6) is 0.271. The fourth-order valence-electron chi connectivity index (χ4n) is 3.67. The summed E-state index contributed by atoms with van der Waals surface area (Å²) >= 11 is 0. The molecular formula is C11H20O2. The first-order valence-electron chi connectivity index (χ1n) is 5.13. The number of hydrogen-bond acceptors (Lipinski definition) is 2. The summed E-state index contributed by atoms with van der Waals surface area (Å²) < 4.78 is 0. The van der Waals surface area contributed by atoms with Gasteiger partial charge in [0.25, 0.3) is 0 Å².